The van der Waals surface area contributed by atoms with Gasteiger partial charge in [-0.1, -0.05) is 56.6 Å². The third kappa shape index (κ3) is 9.51. The maximum absolute atomic E-state index is 14.1. The van der Waals surface area contributed by atoms with Gasteiger partial charge in [-0.25, -0.2) is 9.97 Å². The van der Waals surface area contributed by atoms with E-state index in [1.165, 1.54) is 4.90 Å². The van der Waals surface area contributed by atoms with Gasteiger partial charge in [0.1, 0.15) is 17.9 Å². The summed E-state index contributed by atoms with van der Waals surface area (Å²) in [5, 5.41) is 24.7. The highest BCUT2D eigenvalue weighted by molar-refractivity contribution is 7.13. The minimum atomic E-state index is -0.912. The third-order valence-corrected chi connectivity index (χ3v) is 11.4. The molecule has 0 bridgehead atoms. The van der Waals surface area contributed by atoms with Crippen LogP contribution in [0.15, 0.2) is 54.2 Å². The Morgan fingerprint density at radius 3 is 2.40 bits per heavy atom. The summed E-state index contributed by atoms with van der Waals surface area (Å²) < 4.78 is 0. The second-order valence-electron chi connectivity index (χ2n) is 15.3. The number of amides is 3. The maximum Gasteiger partial charge on any atom is 0.246 e. The molecule has 4 atom stereocenters. The summed E-state index contributed by atoms with van der Waals surface area (Å²) in [6.45, 7) is 12.3. The first-order valence-electron chi connectivity index (χ1n) is 18.5. The number of likely N-dealkylation sites (tertiary alicyclic amines) is 1. The van der Waals surface area contributed by atoms with Crippen LogP contribution < -0.4 is 26.2 Å². The van der Waals surface area contributed by atoms with Crippen molar-refractivity contribution in [3.05, 3.63) is 76.1 Å². The zero-order chi connectivity index (χ0) is 39.4. The van der Waals surface area contributed by atoms with Gasteiger partial charge in [0, 0.05) is 57.8 Å². The van der Waals surface area contributed by atoms with Crippen molar-refractivity contribution < 1.29 is 19.5 Å². The van der Waals surface area contributed by atoms with Crippen molar-refractivity contribution in [2.75, 3.05) is 48.3 Å². The van der Waals surface area contributed by atoms with Crippen LogP contribution in [0.25, 0.3) is 10.4 Å². The number of piperazine rings is 1. The number of nitrogens with two attached hydrogens (primary N) is 1. The fourth-order valence-electron chi connectivity index (χ4n) is 7.09. The first-order valence-corrected chi connectivity index (χ1v) is 19.8. The van der Waals surface area contributed by atoms with Crippen molar-refractivity contribution in [1.82, 2.24) is 35.7 Å². The summed E-state index contributed by atoms with van der Waals surface area (Å²) in [5.41, 5.74) is 11.8. The molecule has 0 radical (unpaired) electrons. The van der Waals surface area contributed by atoms with Gasteiger partial charge in [0.25, 0.3) is 0 Å². The molecule has 14 nitrogen and oxygen atoms in total. The van der Waals surface area contributed by atoms with Crippen LogP contribution in [-0.2, 0) is 20.8 Å². The van der Waals surface area contributed by atoms with Crippen molar-refractivity contribution in [3.63, 3.8) is 0 Å². The number of halogens is 1. The molecule has 292 valence electrons. The summed E-state index contributed by atoms with van der Waals surface area (Å²) in [4.78, 5) is 57.0. The number of nitrogen functional groups attached to an aromatic ring is 1. The van der Waals surface area contributed by atoms with Crippen LogP contribution in [0, 0.1) is 12.3 Å². The largest absolute Gasteiger partial charge is 0.391 e. The maximum atomic E-state index is 14.1. The van der Waals surface area contributed by atoms with E-state index in [4.69, 9.17) is 17.3 Å². The number of anilines is 3. The number of rotatable bonds is 11. The predicted octanol–water partition coefficient (Wildman–Crippen LogP) is 4.17. The molecule has 2 aliphatic heterocycles. The Balaban J connectivity index is 1.04. The molecule has 0 saturated carbocycles. The molecule has 0 unspecified atom stereocenters. The van der Waals surface area contributed by atoms with Gasteiger partial charge in [-0.3, -0.25) is 14.4 Å². The van der Waals surface area contributed by atoms with Crippen molar-refractivity contribution in [3.8, 4) is 10.4 Å². The van der Waals surface area contributed by atoms with Gasteiger partial charge in [0.05, 0.1) is 33.9 Å². The molecule has 55 heavy (non-hydrogen) atoms. The van der Waals surface area contributed by atoms with E-state index in [2.05, 4.69) is 40.6 Å². The smallest absolute Gasteiger partial charge is 0.246 e. The molecular weight excluding hydrogens is 740 g/mol. The molecule has 0 aliphatic carbocycles. The van der Waals surface area contributed by atoms with Crippen molar-refractivity contribution in [1.29, 1.82) is 0 Å². The summed E-state index contributed by atoms with van der Waals surface area (Å²) in [6, 6.07) is 11.4. The summed E-state index contributed by atoms with van der Waals surface area (Å²) in [5.74, 6) is 0.117. The number of benzene rings is 1. The normalized spacial score (nSPS) is 18.6. The van der Waals surface area contributed by atoms with Crippen LogP contribution >= 0.6 is 22.9 Å². The highest BCUT2D eigenvalue weighted by atomic mass is 35.5. The number of carbonyl (C=O) groups excluding carboxylic acids is 3. The lowest BCUT2D eigenvalue weighted by molar-refractivity contribution is -0.144. The van der Waals surface area contributed by atoms with Crippen LogP contribution in [-0.4, -0.2) is 98.8 Å². The molecule has 2 fully saturated rings. The van der Waals surface area contributed by atoms with Crippen LogP contribution in [0.4, 0.5) is 17.3 Å². The molecule has 4 aromatic rings. The summed E-state index contributed by atoms with van der Waals surface area (Å²) >= 11 is 7.63. The van der Waals surface area contributed by atoms with Crippen LogP contribution in [0.5, 0.6) is 0 Å². The average molecular weight is 789 g/mol. The number of carbonyl (C=O) groups is 3. The number of aliphatic hydroxyl groups is 1. The van der Waals surface area contributed by atoms with E-state index in [9.17, 15) is 19.5 Å². The number of aromatic nitrogens is 4. The van der Waals surface area contributed by atoms with Gasteiger partial charge in [0.15, 0.2) is 11.0 Å². The van der Waals surface area contributed by atoms with Gasteiger partial charge in [-0.05, 0) is 54.5 Å². The summed E-state index contributed by atoms with van der Waals surface area (Å²) in [7, 11) is 0. The lowest BCUT2D eigenvalue weighted by Crippen LogP contribution is -2.57. The Morgan fingerprint density at radius 1 is 1.02 bits per heavy atom. The number of hydrogen-bond donors (Lipinski definition) is 4. The van der Waals surface area contributed by atoms with E-state index in [-0.39, 0.29) is 42.4 Å². The Hall–Kier alpha value is -4.86. The lowest BCUT2D eigenvalue weighted by atomic mass is 9.85. The van der Waals surface area contributed by atoms with Gasteiger partial charge >= 0.3 is 0 Å². The van der Waals surface area contributed by atoms with Gasteiger partial charge < -0.3 is 36.2 Å². The minimum absolute atomic E-state index is 0.00524. The Bertz CT molecular complexity index is 2000. The number of pyridine rings is 1. The quantitative estimate of drug-likeness (QED) is 0.171. The van der Waals surface area contributed by atoms with Crippen LogP contribution in [0.3, 0.4) is 0 Å². The molecule has 1 aromatic carbocycles. The molecule has 3 aromatic heterocycles. The zero-order valence-electron chi connectivity index (χ0n) is 31.8. The molecule has 16 heteroatoms. The number of nitrogens with one attached hydrogen (secondary N) is 2. The first kappa shape index (κ1) is 39.8. The number of nitrogens with zero attached hydrogens (tertiary/aromatic N) is 7. The molecule has 3 amide bonds. The standard InChI is InChI=1S/C39H49ClN10O4S/c1-23(26-7-9-27(10-8-26)34-24(2)43-22-55-34)44-37(53)30-19-28(51)21-50(30)38(54)35(39(3,4)5)45-33(52)11-6-25-12-13-42-32(18-25)49-16-14-48(15-17-49)29-20-31(40)46-47-36(29)41/h7-10,12-13,18,20,22-23,28,30,35,51H,6,11,14-17,19,21H2,1-5H3,(H2,41,47)(H,44,53)(H,45,52)/t23-,28+,30-,35+/m0/s1. The molecule has 5 heterocycles. The molecule has 0 spiro atoms. The zero-order valence-corrected chi connectivity index (χ0v) is 33.4. The van der Waals surface area contributed by atoms with E-state index in [0.717, 1.165) is 38.8 Å². The minimum Gasteiger partial charge on any atom is -0.391 e. The molecule has 2 saturated heterocycles. The molecule has 6 rings (SSSR count). The third-order valence-electron chi connectivity index (χ3n) is 10.2. The number of aryl methyl sites for hydroxylation is 2. The fraction of sp³-hybridized carbons (Fsp3) is 0.462. The molecule has 2 aliphatic rings. The topological polar surface area (TPSA) is 183 Å². The van der Waals surface area contributed by atoms with E-state index < -0.39 is 29.5 Å². The average Bonchev–Trinajstić information content (AvgIpc) is 3.78. The fourth-order valence-corrected chi connectivity index (χ4v) is 8.05. The first-order chi connectivity index (χ1) is 26.2. The number of thiazole rings is 1. The number of hydrogen-bond acceptors (Lipinski definition) is 12. The molecule has 5 N–H and O–H groups in total. The van der Waals surface area contributed by atoms with E-state index in [1.54, 1.807) is 23.6 Å². The second kappa shape index (κ2) is 16.9. The van der Waals surface area contributed by atoms with Crippen molar-refractivity contribution in [2.24, 2.45) is 5.41 Å². The van der Waals surface area contributed by atoms with Crippen LogP contribution in [0.1, 0.15) is 63.4 Å². The molecular formula is C39H49ClN10O4S. The monoisotopic (exact) mass is 788 g/mol. The Labute approximate surface area is 330 Å². The Morgan fingerprint density at radius 2 is 1.73 bits per heavy atom. The van der Waals surface area contributed by atoms with Gasteiger partial charge in [-0.15, -0.1) is 21.5 Å². The summed E-state index contributed by atoms with van der Waals surface area (Å²) in [6.07, 6.45) is 1.59. The van der Waals surface area contributed by atoms with Crippen LogP contribution in [0.2, 0.25) is 5.15 Å². The van der Waals surface area contributed by atoms with Gasteiger partial charge in [-0.2, -0.15) is 0 Å². The van der Waals surface area contributed by atoms with E-state index >= 15 is 0 Å². The van der Waals surface area contributed by atoms with Gasteiger partial charge in [0.2, 0.25) is 17.7 Å². The highest BCUT2D eigenvalue weighted by Crippen LogP contribution is 2.30. The number of β-amino-alcohol motifs (C(OH)–C–C–N with tert-alkyl or cyclic N) is 1. The van der Waals surface area contributed by atoms with E-state index in [0.29, 0.717) is 38.4 Å². The predicted molar refractivity (Wildman–Crippen MR) is 215 cm³/mol. The second-order valence-corrected chi connectivity index (χ2v) is 16.6. The number of aliphatic hydroxyl groups excluding tert-OH is 1. The SMILES string of the molecule is Cc1ncsc1-c1ccc([C@H](C)NC(=O)[C@@H]2C[C@@H](O)CN2C(=O)[C@@H](NC(=O)CCc2ccnc(N3CCN(c4cc(Cl)nnc4N)CC3)c2)C(C)(C)C)cc1. The highest BCUT2D eigenvalue weighted by Gasteiger charge is 2.44. The van der Waals surface area contributed by atoms with Crippen molar-refractivity contribution >= 4 is 58.0 Å². The van der Waals surface area contributed by atoms with Crippen molar-refractivity contribution in [2.45, 2.75) is 78.1 Å². The lowest BCUT2D eigenvalue weighted by Gasteiger charge is -2.37. The Kier molecular flexibility index (Phi) is 12.2. The van der Waals surface area contributed by atoms with E-state index in [1.807, 2.05) is 76.5 Å².